The summed E-state index contributed by atoms with van der Waals surface area (Å²) in [7, 11) is 2.10. The van der Waals surface area contributed by atoms with E-state index in [-0.39, 0.29) is 17.7 Å². The van der Waals surface area contributed by atoms with Crippen LogP contribution in [0.25, 0.3) is 0 Å². The van der Waals surface area contributed by atoms with Gasteiger partial charge in [0.2, 0.25) is 5.91 Å². The predicted molar refractivity (Wildman–Crippen MR) is 75.0 cm³/mol. The van der Waals surface area contributed by atoms with E-state index in [9.17, 15) is 9.90 Å². The number of piperidine rings is 1. The molecule has 5 nitrogen and oxygen atoms in total. The highest BCUT2D eigenvalue weighted by Gasteiger charge is 2.31. The first kappa shape index (κ1) is 15.0. The summed E-state index contributed by atoms with van der Waals surface area (Å²) in [6.45, 7) is 4.38. The Morgan fingerprint density at radius 2 is 2.05 bits per heavy atom. The van der Waals surface area contributed by atoms with Gasteiger partial charge in [-0.1, -0.05) is 0 Å². The van der Waals surface area contributed by atoms with Gasteiger partial charge in [-0.25, -0.2) is 0 Å². The van der Waals surface area contributed by atoms with Crippen LogP contribution in [0.15, 0.2) is 0 Å². The Hall–Kier alpha value is -0.360. The molecule has 2 N–H and O–H groups in total. The maximum atomic E-state index is 12.0. The van der Waals surface area contributed by atoms with Crippen LogP contribution < -0.4 is 5.32 Å². The van der Waals surface area contributed by atoms with E-state index in [2.05, 4.69) is 17.3 Å². The molecule has 110 valence electrons. The molecule has 1 amide bonds. The first-order valence-corrected chi connectivity index (χ1v) is 7.58. The standard InChI is InChI=1S/C13H24ClN3O2/c1-16-4-2-11(3-5-16)13(19)15-7-10-8-17(9-10)12(18)6-14/h10-12,18H,2-9H2,1H3,(H,15,19). The number of likely N-dealkylation sites (tertiary alicyclic amines) is 2. The van der Waals surface area contributed by atoms with Gasteiger partial charge in [0, 0.05) is 31.5 Å². The average Bonchev–Trinajstić information content (AvgIpc) is 2.37. The lowest BCUT2D eigenvalue weighted by Crippen LogP contribution is -2.56. The molecular weight excluding hydrogens is 266 g/mol. The van der Waals surface area contributed by atoms with Crippen molar-refractivity contribution in [3.8, 4) is 0 Å². The van der Waals surface area contributed by atoms with Gasteiger partial charge in [-0.15, -0.1) is 11.6 Å². The quantitative estimate of drug-likeness (QED) is 0.696. The van der Waals surface area contributed by atoms with Crippen molar-refractivity contribution in [1.82, 2.24) is 15.1 Å². The van der Waals surface area contributed by atoms with Gasteiger partial charge in [0.1, 0.15) is 6.23 Å². The Bertz CT molecular complexity index is 302. The van der Waals surface area contributed by atoms with Crippen LogP contribution in [0.2, 0.25) is 0 Å². The van der Waals surface area contributed by atoms with Crippen molar-refractivity contribution < 1.29 is 9.90 Å². The van der Waals surface area contributed by atoms with E-state index < -0.39 is 6.23 Å². The molecule has 0 aromatic rings. The van der Waals surface area contributed by atoms with Crippen LogP contribution >= 0.6 is 11.6 Å². The van der Waals surface area contributed by atoms with Gasteiger partial charge in [0.25, 0.3) is 0 Å². The molecule has 0 saturated carbocycles. The minimum atomic E-state index is -0.539. The lowest BCUT2D eigenvalue weighted by Gasteiger charge is -2.41. The van der Waals surface area contributed by atoms with Crippen LogP contribution in [0.4, 0.5) is 0 Å². The Morgan fingerprint density at radius 1 is 1.42 bits per heavy atom. The van der Waals surface area contributed by atoms with E-state index in [1.54, 1.807) is 0 Å². The number of aliphatic hydroxyl groups excluding tert-OH is 1. The monoisotopic (exact) mass is 289 g/mol. The highest BCUT2D eigenvalue weighted by atomic mass is 35.5. The van der Waals surface area contributed by atoms with Crippen LogP contribution in [-0.4, -0.2) is 72.7 Å². The first-order valence-electron chi connectivity index (χ1n) is 7.04. The number of halogens is 1. The molecule has 0 aliphatic carbocycles. The number of amides is 1. The summed E-state index contributed by atoms with van der Waals surface area (Å²) >= 11 is 5.58. The molecule has 2 aliphatic rings. The summed E-state index contributed by atoms with van der Waals surface area (Å²) in [4.78, 5) is 16.2. The van der Waals surface area contributed by atoms with Crippen molar-refractivity contribution in [1.29, 1.82) is 0 Å². The summed E-state index contributed by atoms with van der Waals surface area (Å²) in [5.74, 6) is 1.08. The second-order valence-corrected chi connectivity index (χ2v) is 6.09. The van der Waals surface area contributed by atoms with Gasteiger partial charge in [0.15, 0.2) is 0 Å². The van der Waals surface area contributed by atoms with Crippen molar-refractivity contribution in [2.45, 2.75) is 19.1 Å². The highest BCUT2D eigenvalue weighted by molar-refractivity contribution is 6.18. The van der Waals surface area contributed by atoms with Gasteiger partial charge in [-0.05, 0) is 33.0 Å². The van der Waals surface area contributed by atoms with Crippen molar-refractivity contribution >= 4 is 17.5 Å². The molecular formula is C13H24ClN3O2. The third-order valence-corrected chi connectivity index (χ3v) is 4.48. The van der Waals surface area contributed by atoms with E-state index in [4.69, 9.17) is 11.6 Å². The van der Waals surface area contributed by atoms with Gasteiger partial charge in [-0.2, -0.15) is 0 Å². The SMILES string of the molecule is CN1CCC(C(=O)NCC2CN(C(O)CCl)C2)CC1. The zero-order valence-corrected chi connectivity index (χ0v) is 12.3. The fourth-order valence-electron chi connectivity index (χ4n) is 2.74. The molecule has 2 fully saturated rings. The minimum Gasteiger partial charge on any atom is -0.377 e. The fourth-order valence-corrected chi connectivity index (χ4v) is 2.94. The van der Waals surface area contributed by atoms with E-state index >= 15 is 0 Å². The van der Waals surface area contributed by atoms with Crippen LogP contribution in [0, 0.1) is 11.8 Å². The van der Waals surface area contributed by atoms with Crippen LogP contribution in [0.5, 0.6) is 0 Å². The van der Waals surface area contributed by atoms with E-state index in [1.165, 1.54) is 0 Å². The molecule has 2 aliphatic heterocycles. The zero-order chi connectivity index (χ0) is 13.8. The molecule has 1 unspecified atom stereocenters. The third kappa shape index (κ3) is 4.05. The number of alkyl halides is 1. The fraction of sp³-hybridized carbons (Fsp3) is 0.923. The molecule has 2 rings (SSSR count). The van der Waals surface area contributed by atoms with Gasteiger partial charge in [-0.3, -0.25) is 9.69 Å². The number of hydrogen-bond acceptors (Lipinski definition) is 4. The van der Waals surface area contributed by atoms with Crippen molar-refractivity contribution in [2.24, 2.45) is 11.8 Å². The van der Waals surface area contributed by atoms with E-state index in [0.717, 1.165) is 45.6 Å². The summed E-state index contributed by atoms with van der Waals surface area (Å²) in [6.07, 6.45) is 1.39. The van der Waals surface area contributed by atoms with Crippen molar-refractivity contribution in [3.63, 3.8) is 0 Å². The number of rotatable bonds is 5. The number of hydrogen-bond donors (Lipinski definition) is 2. The lowest BCUT2D eigenvalue weighted by atomic mass is 9.95. The Balaban J connectivity index is 1.60. The smallest absolute Gasteiger partial charge is 0.223 e. The van der Waals surface area contributed by atoms with Gasteiger partial charge in [0.05, 0.1) is 5.88 Å². The number of carbonyl (C=O) groups is 1. The second-order valence-electron chi connectivity index (χ2n) is 5.78. The van der Waals surface area contributed by atoms with Gasteiger partial charge < -0.3 is 15.3 Å². The number of nitrogens with one attached hydrogen (secondary N) is 1. The van der Waals surface area contributed by atoms with Crippen molar-refractivity contribution in [3.05, 3.63) is 0 Å². The number of carbonyl (C=O) groups excluding carboxylic acids is 1. The maximum absolute atomic E-state index is 12.0. The highest BCUT2D eigenvalue weighted by Crippen LogP contribution is 2.19. The molecule has 1 atom stereocenters. The zero-order valence-electron chi connectivity index (χ0n) is 11.5. The summed E-state index contributed by atoms with van der Waals surface area (Å²) in [5.41, 5.74) is 0. The first-order chi connectivity index (χ1) is 9.10. The Morgan fingerprint density at radius 3 is 2.63 bits per heavy atom. The maximum Gasteiger partial charge on any atom is 0.223 e. The molecule has 0 aromatic carbocycles. The molecule has 0 aromatic heterocycles. The van der Waals surface area contributed by atoms with Crippen LogP contribution in [0.1, 0.15) is 12.8 Å². The molecule has 2 heterocycles. The molecule has 6 heteroatoms. The van der Waals surface area contributed by atoms with Crippen LogP contribution in [-0.2, 0) is 4.79 Å². The van der Waals surface area contributed by atoms with Crippen molar-refractivity contribution in [2.75, 3.05) is 45.7 Å². The summed E-state index contributed by atoms with van der Waals surface area (Å²) in [5, 5.41) is 12.6. The second kappa shape index (κ2) is 6.88. The average molecular weight is 290 g/mol. The lowest BCUT2D eigenvalue weighted by molar-refractivity contribution is -0.127. The molecule has 0 bridgehead atoms. The number of nitrogens with zero attached hydrogens (tertiary/aromatic N) is 2. The Kier molecular flexibility index (Phi) is 5.45. The van der Waals surface area contributed by atoms with Gasteiger partial charge >= 0.3 is 0 Å². The molecule has 2 saturated heterocycles. The predicted octanol–water partition coefficient (Wildman–Crippen LogP) is -0.0666. The molecule has 19 heavy (non-hydrogen) atoms. The Labute approximate surface area is 119 Å². The van der Waals surface area contributed by atoms with E-state index in [0.29, 0.717) is 5.92 Å². The summed E-state index contributed by atoms with van der Waals surface area (Å²) in [6, 6.07) is 0. The summed E-state index contributed by atoms with van der Waals surface area (Å²) < 4.78 is 0. The largest absolute Gasteiger partial charge is 0.377 e. The topological polar surface area (TPSA) is 55.8 Å². The molecule has 0 radical (unpaired) electrons. The van der Waals surface area contributed by atoms with Crippen LogP contribution in [0.3, 0.4) is 0 Å². The van der Waals surface area contributed by atoms with E-state index in [1.807, 2.05) is 4.90 Å². The third-order valence-electron chi connectivity index (χ3n) is 4.20. The minimum absolute atomic E-state index is 0.181. The molecule has 0 spiro atoms. The number of aliphatic hydroxyl groups is 1. The normalized spacial score (nSPS) is 25.0.